The Morgan fingerprint density at radius 3 is 2.87 bits per heavy atom. The summed E-state index contributed by atoms with van der Waals surface area (Å²) in [5.41, 5.74) is 2.27. The summed E-state index contributed by atoms with van der Waals surface area (Å²) in [5.74, 6) is 1.79. The number of benzene rings is 1. The summed E-state index contributed by atoms with van der Waals surface area (Å²) >= 11 is 5.82. The minimum atomic E-state index is 0.636. The molecule has 0 atom stereocenters. The van der Waals surface area contributed by atoms with Gasteiger partial charge in [-0.05, 0) is 18.6 Å². The molecule has 15 heavy (non-hydrogen) atoms. The maximum atomic E-state index is 5.82. The first-order chi connectivity index (χ1) is 7.36. The Kier molecular flexibility index (Phi) is 3.27. The predicted molar refractivity (Wildman–Crippen MR) is 64.4 cm³/mol. The second kappa shape index (κ2) is 4.67. The van der Waals surface area contributed by atoms with Gasteiger partial charge in [-0.1, -0.05) is 19.1 Å². The van der Waals surface area contributed by atoms with Crippen LogP contribution in [0, 0.1) is 0 Å². The fourth-order valence-electron chi connectivity index (χ4n) is 1.87. The number of aryl methyl sites for hydroxylation is 2. The molecule has 0 saturated heterocycles. The summed E-state index contributed by atoms with van der Waals surface area (Å²) in [6, 6.07) is 8.23. The van der Waals surface area contributed by atoms with Crippen molar-refractivity contribution in [1.82, 2.24) is 9.55 Å². The van der Waals surface area contributed by atoms with Gasteiger partial charge in [0.15, 0.2) is 0 Å². The number of hydrogen-bond acceptors (Lipinski definition) is 1. The van der Waals surface area contributed by atoms with Crippen molar-refractivity contribution in [2.24, 2.45) is 0 Å². The van der Waals surface area contributed by atoms with Gasteiger partial charge in [0.2, 0.25) is 0 Å². The summed E-state index contributed by atoms with van der Waals surface area (Å²) < 4.78 is 2.23. The molecule has 0 radical (unpaired) electrons. The Labute approximate surface area is 94.9 Å². The molecule has 0 N–H and O–H groups in total. The molecule has 1 aromatic heterocycles. The highest BCUT2D eigenvalue weighted by atomic mass is 35.5. The normalized spacial score (nSPS) is 11.1. The van der Waals surface area contributed by atoms with Crippen LogP contribution in [0.1, 0.15) is 19.2 Å². The SMILES string of the molecule is CCCc1nc2ccccc2n1CCCl. The van der Waals surface area contributed by atoms with Crippen LogP contribution in [0.15, 0.2) is 24.3 Å². The molecule has 1 aromatic carbocycles. The summed E-state index contributed by atoms with van der Waals surface area (Å²) in [6.45, 7) is 3.02. The van der Waals surface area contributed by atoms with Crippen LogP contribution in [0.3, 0.4) is 0 Å². The van der Waals surface area contributed by atoms with Crippen molar-refractivity contribution in [2.45, 2.75) is 26.3 Å². The van der Waals surface area contributed by atoms with Crippen LogP contribution in [0.2, 0.25) is 0 Å². The van der Waals surface area contributed by atoms with Crippen molar-refractivity contribution in [3.05, 3.63) is 30.1 Å². The Balaban J connectivity index is 2.53. The number of alkyl halides is 1. The molecule has 0 bridgehead atoms. The van der Waals surface area contributed by atoms with Crippen molar-refractivity contribution in [3.63, 3.8) is 0 Å². The Morgan fingerprint density at radius 2 is 2.13 bits per heavy atom. The topological polar surface area (TPSA) is 17.8 Å². The highest BCUT2D eigenvalue weighted by Gasteiger charge is 2.08. The van der Waals surface area contributed by atoms with Gasteiger partial charge in [-0.25, -0.2) is 4.98 Å². The smallest absolute Gasteiger partial charge is 0.109 e. The lowest BCUT2D eigenvalue weighted by Gasteiger charge is -2.05. The van der Waals surface area contributed by atoms with E-state index in [9.17, 15) is 0 Å². The van der Waals surface area contributed by atoms with Crippen LogP contribution in [0.4, 0.5) is 0 Å². The summed E-state index contributed by atoms with van der Waals surface area (Å²) in [7, 11) is 0. The molecule has 2 nitrogen and oxygen atoms in total. The minimum Gasteiger partial charge on any atom is -0.327 e. The predicted octanol–water partition coefficient (Wildman–Crippen LogP) is 3.23. The van der Waals surface area contributed by atoms with Crippen LogP contribution >= 0.6 is 11.6 Å². The summed E-state index contributed by atoms with van der Waals surface area (Å²) in [4.78, 5) is 4.63. The lowest BCUT2D eigenvalue weighted by molar-refractivity contribution is 0.704. The van der Waals surface area contributed by atoms with E-state index in [1.165, 1.54) is 5.52 Å². The average Bonchev–Trinajstić information content (AvgIpc) is 2.59. The van der Waals surface area contributed by atoms with Crippen LogP contribution in [0.5, 0.6) is 0 Å². The third kappa shape index (κ3) is 2.00. The van der Waals surface area contributed by atoms with Crippen molar-refractivity contribution < 1.29 is 0 Å². The second-order valence-electron chi connectivity index (χ2n) is 3.61. The van der Waals surface area contributed by atoms with E-state index in [0.29, 0.717) is 5.88 Å². The van der Waals surface area contributed by atoms with E-state index in [1.807, 2.05) is 12.1 Å². The maximum absolute atomic E-state index is 5.82. The zero-order valence-electron chi connectivity index (χ0n) is 8.91. The number of para-hydroxylation sites is 2. The largest absolute Gasteiger partial charge is 0.327 e. The van der Waals surface area contributed by atoms with Gasteiger partial charge >= 0.3 is 0 Å². The van der Waals surface area contributed by atoms with E-state index >= 15 is 0 Å². The fourth-order valence-corrected chi connectivity index (χ4v) is 2.04. The van der Waals surface area contributed by atoms with Gasteiger partial charge in [0, 0.05) is 18.8 Å². The molecule has 80 valence electrons. The molecule has 0 aliphatic carbocycles. The Morgan fingerprint density at radius 1 is 1.33 bits per heavy atom. The van der Waals surface area contributed by atoms with Gasteiger partial charge in [-0.2, -0.15) is 0 Å². The zero-order valence-corrected chi connectivity index (χ0v) is 9.67. The van der Waals surface area contributed by atoms with Crippen LogP contribution in [-0.2, 0) is 13.0 Å². The lowest BCUT2D eigenvalue weighted by atomic mass is 10.3. The number of halogens is 1. The van der Waals surface area contributed by atoms with Gasteiger partial charge in [0.1, 0.15) is 5.82 Å². The number of rotatable bonds is 4. The summed E-state index contributed by atoms with van der Waals surface area (Å²) in [6.07, 6.45) is 2.14. The van der Waals surface area contributed by atoms with Crippen LogP contribution in [0.25, 0.3) is 11.0 Å². The highest BCUT2D eigenvalue weighted by molar-refractivity contribution is 6.17. The quantitative estimate of drug-likeness (QED) is 0.727. The number of aromatic nitrogens is 2. The molecule has 1 heterocycles. The van der Waals surface area contributed by atoms with Crippen LogP contribution < -0.4 is 0 Å². The molecule has 2 rings (SSSR count). The van der Waals surface area contributed by atoms with Gasteiger partial charge < -0.3 is 4.57 Å². The second-order valence-corrected chi connectivity index (χ2v) is 3.99. The van der Waals surface area contributed by atoms with Gasteiger partial charge in [-0.3, -0.25) is 0 Å². The first-order valence-corrected chi connectivity index (χ1v) is 5.90. The molecule has 0 aliphatic rings. The number of imidazole rings is 1. The molecule has 2 aromatic rings. The fraction of sp³-hybridized carbons (Fsp3) is 0.417. The lowest BCUT2D eigenvalue weighted by Crippen LogP contribution is -2.04. The first-order valence-electron chi connectivity index (χ1n) is 5.37. The van der Waals surface area contributed by atoms with E-state index in [1.54, 1.807) is 0 Å². The van der Waals surface area contributed by atoms with Crippen molar-refractivity contribution in [2.75, 3.05) is 5.88 Å². The van der Waals surface area contributed by atoms with E-state index in [2.05, 4.69) is 28.6 Å². The number of nitrogens with zero attached hydrogens (tertiary/aromatic N) is 2. The maximum Gasteiger partial charge on any atom is 0.109 e. The molecular formula is C12H15ClN2. The van der Waals surface area contributed by atoms with Crippen molar-refractivity contribution in [1.29, 1.82) is 0 Å². The van der Waals surface area contributed by atoms with E-state index in [4.69, 9.17) is 11.6 Å². The van der Waals surface area contributed by atoms with Gasteiger partial charge in [0.05, 0.1) is 11.0 Å². The van der Waals surface area contributed by atoms with Crippen LogP contribution in [-0.4, -0.2) is 15.4 Å². The van der Waals surface area contributed by atoms with Crippen molar-refractivity contribution in [3.8, 4) is 0 Å². The van der Waals surface area contributed by atoms with Crippen molar-refractivity contribution >= 4 is 22.6 Å². The Bertz CT molecular complexity index is 448. The zero-order chi connectivity index (χ0) is 10.7. The molecule has 0 aliphatic heterocycles. The van der Waals surface area contributed by atoms with Gasteiger partial charge in [0.25, 0.3) is 0 Å². The third-order valence-corrected chi connectivity index (χ3v) is 2.68. The monoisotopic (exact) mass is 222 g/mol. The molecular weight excluding hydrogens is 208 g/mol. The molecule has 0 amide bonds. The standard InChI is InChI=1S/C12H15ClN2/c1-2-5-12-14-10-6-3-4-7-11(10)15(12)9-8-13/h3-4,6-7H,2,5,8-9H2,1H3. The molecule has 3 heteroatoms. The minimum absolute atomic E-state index is 0.636. The molecule has 0 fully saturated rings. The highest BCUT2D eigenvalue weighted by Crippen LogP contribution is 2.17. The average molecular weight is 223 g/mol. The van der Waals surface area contributed by atoms with E-state index < -0.39 is 0 Å². The number of hydrogen-bond donors (Lipinski definition) is 0. The van der Waals surface area contributed by atoms with E-state index in [-0.39, 0.29) is 0 Å². The third-order valence-electron chi connectivity index (χ3n) is 2.52. The molecule has 0 unspecified atom stereocenters. The molecule has 0 spiro atoms. The number of fused-ring (bicyclic) bond motifs is 1. The van der Waals surface area contributed by atoms with E-state index in [0.717, 1.165) is 30.7 Å². The summed E-state index contributed by atoms with van der Waals surface area (Å²) in [5, 5.41) is 0. The molecule has 0 saturated carbocycles. The Hall–Kier alpha value is -1.02. The first kappa shape index (κ1) is 10.5. The van der Waals surface area contributed by atoms with Gasteiger partial charge in [-0.15, -0.1) is 11.6 Å².